The fourth-order valence-electron chi connectivity index (χ4n) is 1.59. The van der Waals surface area contributed by atoms with E-state index < -0.39 is 23.7 Å². The molecule has 6 heteroatoms. The lowest BCUT2D eigenvalue weighted by molar-refractivity contribution is -0.140. The van der Waals surface area contributed by atoms with Gasteiger partial charge in [0.25, 0.3) is 5.91 Å². The third-order valence-electron chi connectivity index (χ3n) is 2.96. The summed E-state index contributed by atoms with van der Waals surface area (Å²) in [5.41, 5.74) is -0.299. The Bertz CT molecular complexity index is 490. The van der Waals surface area contributed by atoms with Crippen LogP contribution in [0.3, 0.4) is 0 Å². The maximum atomic E-state index is 13.5. The molecule has 0 radical (unpaired) electrons. The second-order valence-corrected chi connectivity index (χ2v) is 4.34. The zero-order chi connectivity index (χ0) is 14.6. The third-order valence-corrected chi connectivity index (χ3v) is 2.96. The molecule has 0 heterocycles. The van der Waals surface area contributed by atoms with E-state index in [1.165, 1.54) is 0 Å². The van der Waals surface area contributed by atoms with Crippen molar-refractivity contribution < 1.29 is 24.2 Å². The molecule has 0 fully saturated rings. The first kappa shape index (κ1) is 14.9. The van der Waals surface area contributed by atoms with Gasteiger partial charge in [-0.2, -0.15) is 0 Å². The number of carboxylic acid groups (broad SMARTS) is 1. The third kappa shape index (κ3) is 3.67. The number of hydrogen-bond donors (Lipinski definition) is 3. The zero-order valence-electron chi connectivity index (χ0n) is 10.7. The molecular formula is C13H16FNO4. The van der Waals surface area contributed by atoms with Crippen molar-refractivity contribution in [1.82, 2.24) is 5.32 Å². The average molecular weight is 269 g/mol. The van der Waals surface area contributed by atoms with Crippen LogP contribution in [-0.4, -0.2) is 28.1 Å². The number of hydrogen-bond acceptors (Lipinski definition) is 3. The van der Waals surface area contributed by atoms with Crippen LogP contribution >= 0.6 is 0 Å². The Balaban J connectivity index is 2.91. The number of carboxylic acids is 1. The van der Waals surface area contributed by atoms with Gasteiger partial charge in [-0.05, 0) is 18.1 Å². The van der Waals surface area contributed by atoms with Crippen molar-refractivity contribution in [3.63, 3.8) is 0 Å². The Morgan fingerprint density at radius 2 is 2.05 bits per heavy atom. The lowest BCUT2D eigenvalue weighted by atomic mass is 9.99. The summed E-state index contributed by atoms with van der Waals surface area (Å²) in [6.45, 7) is 3.49. The number of halogens is 1. The molecule has 1 amide bonds. The molecule has 0 aliphatic carbocycles. The van der Waals surface area contributed by atoms with E-state index in [0.717, 1.165) is 18.2 Å². The predicted molar refractivity (Wildman–Crippen MR) is 66.4 cm³/mol. The predicted octanol–water partition coefficient (Wildman–Crippen LogP) is 1.76. The van der Waals surface area contributed by atoms with Crippen LogP contribution in [0.5, 0.6) is 5.75 Å². The van der Waals surface area contributed by atoms with Crippen molar-refractivity contribution in [2.24, 2.45) is 5.92 Å². The number of phenols is 1. The Hall–Kier alpha value is -2.11. The standard InChI is InChI=1S/C13H16FNO4/c1-3-7(2)11(13(18)19)15-12(17)9-5-4-8(16)6-10(9)14/h4-7,11,16H,3H2,1-2H3,(H,15,17)(H,18,19)/t7-,11-/m0/s1. The maximum Gasteiger partial charge on any atom is 0.326 e. The summed E-state index contributed by atoms with van der Waals surface area (Å²) in [7, 11) is 0. The number of amides is 1. The number of aromatic hydroxyl groups is 1. The van der Waals surface area contributed by atoms with Crippen LogP contribution in [0.2, 0.25) is 0 Å². The van der Waals surface area contributed by atoms with Gasteiger partial charge in [-0.3, -0.25) is 4.79 Å². The van der Waals surface area contributed by atoms with Crippen molar-refractivity contribution in [2.45, 2.75) is 26.3 Å². The smallest absolute Gasteiger partial charge is 0.326 e. The molecule has 0 aliphatic rings. The van der Waals surface area contributed by atoms with Gasteiger partial charge in [0.15, 0.2) is 0 Å². The van der Waals surface area contributed by atoms with E-state index in [1.54, 1.807) is 13.8 Å². The van der Waals surface area contributed by atoms with Gasteiger partial charge in [-0.25, -0.2) is 9.18 Å². The first-order valence-corrected chi connectivity index (χ1v) is 5.89. The largest absolute Gasteiger partial charge is 0.508 e. The van der Waals surface area contributed by atoms with Gasteiger partial charge in [0.2, 0.25) is 0 Å². The minimum Gasteiger partial charge on any atom is -0.508 e. The first-order chi connectivity index (χ1) is 8.86. The van der Waals surface area contributed by atoms with Crippen molar-refractivity contribution in [2.75, 3.05) is 0 Å². The van der Waals surface area contributed by atoms with Crippen molar-refractivity contribution >= 4 is 11.9 Å². The van der Waals surface area contributed by atoms with E-state index in [2.05, 4.69) is 5.32 Å². The van der Waals surface area contributed by atoms with Gasteiger partial charge in [-0.15, -0.1) is 0 Å². The van der Waals surface area contributed by atoms with Crippen molar-refractivity contribution in [1.29, 1.82) is 0 Å². The number of phenolic OH excluding ortho intramolecular Hbond substituents is 1. The molecule has 1 aromatic rings. The highest BCUT2D eigenvalue weighted by Gasteiger charge is 2.26. The molecule has 0 bridgehead atoms. The van der Waals surface area contributed by atoms with Crippen molar-refractivity contribution in [3.05, 3.63) is 29.6 Å². The SMILES string of the molecule is CC[C@H](C)[C@H](NC(=O)c1ccc(O)cc1F)C(=O)O. The Kier molecular flexibility index (Phi) is 4.86. The van der Waals surface area contributed by atoms with E-state index in [4.69, 9.17) is 10.2 Å². The molecule has 3 N–H and O–H groups in total. The summed E-state index contributed by atoms with van der Waals surface area (Å²) >= 11 is 0. The summed E-state index contributed by atoms with van der Waals surface area (Å²) < 4.78 is 13.5. The highest BCUT2D eigenvalue weighted by Crippen LogP contribution is 2.16. The first-order valence-electron chi connectivity index (χ1n) is 5.89. The number of benzene rings is 1. The van der Waals surface area contributed by atoms with Gasteiger partial charge >= 0.3 is 5.97 Å². The number of rotatable bonds is 5. The summed E-state index contributed by atoms with van der Waals surface area (Å²) in [6.07, 6.45) is 0.565. The minimum atomic E-state index is -1.16. The zero-order valence-corrected chi connectivity index (χ0v) is 10.7. The lowest BCUT2D eigenvalue weighted by Crippen LogP contribution is -2.45. The fourth-order valence-corrected chi connectivity index (χ4v) is 1.59. The van der Waals surface area contributed by atoms with Gasteiger partial charge < -0.3 is 15.5 Å². The molecule has 0 spiro atoms. The summed E-state index contributed by atoms with van der Waals surface area (Å²) in [6, 6.07) is 1.99. The lowest BCUT2D eigenvalue weighted by Gasteiger charge is -2.20. The van der Waals surface area contributed by atoms with E-state index >= 15 is 0 Å². The second-order valence-electron chi connectivity index (χ2n) is 4.34. The van der Waals surface area contributed by atoms with Crippen LogP contribution in [0.25, 0.3) is 0 Å². The number of aliphatic carboxylic acids is 1. The number of nitrogens with one attached hydrogen (secondary N) is 1. The molecule has 19 heavy (non-hydrogen) atoms. The highest BCUT2D eigenvalue weighted by atomic mass is 19.1. The van der Waals surface area contributed by atoms with Crippen LogP contribution in [0, 0.1) is 11.7 Å². The topological polar surface area (TPSA) is 86.6 Å². The van der Waals surface area contributed by atoms with E-state index in [0.29, 0.717) is 6.42 Å². The van der Waals surface area contributed by atoms with Crippen LogP contribution in [-0.2, 0) is 4.79 Å². The van der Waals surface area contributed by atoms with E-state index in [-0.39, 0.29) is 17.2 Å². The molecule has 104 valence electrons. The summed E-state index contributed by atoms with van der Waals surface area (Å²) in [5, 5.41) is 20.4. The Labute approximate surface area is 110 Å². The molecule has 0 saturated carbocycles. The van der Waals surface area contributed by atoms with Gasteiger partial charge in [-0.1, -0.05) is 20.3 Å². The maximum absolute atomic E-state index is 13.5. The molecule has 0 aliphatic heterocycles. The molecule has 1 aromatic carbocycles. The van der Waals surface area contributed by atoms with Crippen LogP contribution in [0.15, 0.2) is 18.2 Å². The molecule has 1 rings (SSSR count). The molecule has 2 atom stereocenters. The van der Waals surface area contributed by atoms with E-state index in [1.807, 2.05) is 0 Å². The van der Waals surface area contributed by atoms with Crippen LogP contribution in [0.1, 0.15) is 30.6 Å². The Morgan fingerprint density at radius 1 is 1.42 bits per heavy atom. The summed E-state index contributed by atoms with van der Waals surface area (Å²) in [5.74, 6) is -3.45. The van der Waals surface area contributed by atoms with Crippen molar-refractivity contribution in [3.8, 4) is 5.75 Å². The number of carbonyl (C=O) groups is 2. The summed E-state index contributed by atoms with van der Waals surface area (Å²) in [4.78, 5) is 22.9. The molecular weight excluding hydrogens is 253 g/mol. The molecule has 0 unspecified atom stereocenters. The van der Waals surface area contributed by atoms with Gasteiger partial charge in [0.1, 0.15) is 17.6 Å². The van der Waals surface area contributed by atoms with E-state index in [9.17, 15) is 14.0 Å². The van der Waals surface area contributed by atoms with Gasteiger partial charge in [0, 0.05) is 6.07 Å². The molecule has 0 saturated heterocycles. The quantitative estimate of drug-likeness (QED) is 0.760. The van der Waals surface area contributed by atoms with Gasteiger partial charge in [0.05, 0.1) is 5.56 Å². The Morgan fingerprint density at radius 3 is 2.53 bits per heavy atom. The molecule has 0 aromatic heterocycles. The van der Waals surface area contributed by atoms with Crippen LogP contribution < -0.4 is 5.32 Å². The second kappa shape index (κ2) is 6.17. The fraction of sp³-hybridized carbons (Fsp3) is 0.385. The average Bonchev–Trinajstić information content (AvgIpc) is 2.34. The monoisotopic (exact) mass is 269 g/mol. The highest BCUT2D eigenvalue weighted by molar-refractivity contribution is 5.97. The van der Waals surface area contributed by atoms with Crippen LogP contribution in [0.4, 0.5) is 4.39 Å². The molecule has 5 nitrogen and oxygen atoms in total. The normalized spacial score (nSPS) is 13.6. The minimum absolute atomic E-state index is 0.276. The number of carbonyl (C=O) groups excluding carboxylic acids is 1.